The molecule has 0 bridgehead atoms. The van der Waals surface area contributed by atoms with Crippen molar-refractivity contribution in [2.75, 3.05) is 6.61 Å². The van der Waals surface area contributed by atoms with Crippen LogP contribution in [0, 0.1) is 6.92 Å². The molecule has 1 aromatic carbocycles. The van der Waals surface area contributed by atoms with E-state index in [1.807, 2.05) is 0 Å². The maximum Gasteiger partial charge on any atom is 0.229 e. The van der Waals surface area contributed by atoms with Crippen LogP contribution in [0.2, 0.25) is 0 Å². The summed E-state index contributed by atoms with van der Waals surface area (Å²) in [6.45, 7) is 1.25. The van der Waals surface area contributed by atoms with Crippen LogP contribution in [0.5, 0.6) is 11.5 Å². The quantitative estimate of drug-likeness (QED) is 0.477. The molecule has 0 radical (unpaired) electrons. The molecule has 7 heteroatoms. The molecule has 1 aromatic rings. The third-order valence-corrected chi connectivity index (χ3v) is 3.21. The summed E-state index contributed by atoms with van der Waals surface area (Å²) < 4.78 is 10.5. The predicted octanol–water partition coefficient (Wildman–Crippen LogP) is -1.12. The van der Waals surface area contributed by atoms with Crippen molar-refractivity contribution in [1.82, 2.24) is 0 Å². The van der Waals surface area contributed by atoms with E-state index < -0.39 is 37.3 Å². The molecule has 1 aliphatic rings. The zero-order valence-electron chi connectivity index (χ0n) is 10.9. The number of ether oxygens (including phenoxy) is 2. The molecule has 0 spiro atoms. The summed E-state index contributed by atoms with van der Waals surface area (Å²) in [5, 5.41) is 47.8. The number of aromatic hydroxyl groups is 1. The third-order valence-electron chi connectivity index (χ3n) is 3.21. The lowest BCUT2D eigenvalue weighted by atomic mass is 9.99. The summed E-state index contributed by atoms with van der Waals surface area (Å²) in [6.07, 6.45) is -6.82. The molecule has 0 saturated carbocycles. The Balaban J connectivity index is 2.17. The first-order valence-electron chi connectivity index (χ1n) is 6.21. The minimum atomic E-state index is -1.52. The topological polar surface area (TPSA) is 120 Å². The Morgan fingerprint density at radius 1 is 1.15 bits per heavy atom. The molecule has 1 aliphatic heterocycles. The van der Waals surface area contributed by atoms with Crippen LogP contribution in [-0.2, 0) is 4.74 Å². The monoisotopic (exact) mass is 286 g/mol. The maximum atomic E-state index is 9.82. The van der Waals surface area contributed by atoms with Gasteiger partial charge in [-0.1, -0.05) is 6.07 Å². The molecule has 1 saturated heterocycles. The van der Waals surface area contributed by atoms with Gasteiger partial charge in [0, 0.05) is 0 Å². The average Bonchev–Trinajstić information content (AvgIpc) is 2.43. The molecule has 2 rings (SSSR count). The van der Waals surface area contributed by atoms with E-state index >= 15 is 0 Å². The Hall–Kier alpha value is -1.38. The zero-order chi connectivity index (χ0) is 14.9. The minimum absolute atomic E-state index is 0.0781. The maximum absolute atomic E-state index is 9.82. The summed E-state index contributed by atoms with van der Waals surface area (Å²) in [5.41, 5.74) is 0.822. The standard InChI is InChI=1S/C13H18O7/c1-6-2-3-7(15)8(4-6)19-13-12(18)11(17)10(16)9(5-14)20-13/h2-4,9-18H,5H2,1H3. The van der Waals surface area contributed by atoms with Gasteiger partial charge in [-0.05, 0) is 24.6 Å². The van der Waals surface area contributed by atoms with Gasteiger partial charge >= 0.3 is 0 Å². The van der Waals surface area contributed by atoms with Gasteiger partial charge in [0.2, 0.25) is 6.29 Å². The number of aryl methyl sites for hydroxylation is 1. The fourth-order valence-electron chi connectivity index (χ4n) is 2.01. The highest BCUT2D eigenvalue weighted by Gasteiger charge is 2.44. The van der Waals surface area contributed by atoms with Gasteiger partial charge < -0.3 is 35.0 Å². The largest absolute Gasteiger partial charge is 0.504 e. The first kappa shape index (κ1) is 15.0. The molecule has 5 unspecified atom stereocenters. The van der Waals surface area contributed by atoms with Crippen LogP contribution in [0.4, 0.5) is 0 Å². The van der Waals surface area contributed by atoms with Crippen molar-refractivity contribution in [3.63, 3.8) is 0 Å². The van der Waals surface area contributed by atoms with Gasteiger partial charge in [0.05, 0.1) is 6.61 Å². The molecule has 112 valence electrons. The van der Waals surface area contributed by atoms with Crippen LogP contribution < -0.4 is 4.74 Å². The molecule has 0 aromatic heterocycles. The molecule has 0 amide bonds. The third kappa shape index (κ3) is 2.87. The Morgan fingerprint density at radius 3 is 2.50 bits per heavy atom. The normalized spacial score (nSPS) is 34.0. The molecule has 5 atom stereocenters. The second-order valence-corrected chi connectivity index (χ2v) is 4.79. The zero-order valence-corrected chi connectivity index (χ0v) is 10.9. The molecular formula is C13H18O7. The molecular weight excluding hydrogens is 268 g/mol. The molecule has 0 aliphatic carbocycles. The summed E-state index contributed by atoms with van der Waals surface area (Å²) in [5.74, 6) is -0.0677. The number of benzene rings is 1. The lowest BCUT2D eigenvalue weighted by molar-refractivity contribution is -0.277. The highest BCUT2D eigenvalue weighted by molar-refractivity contribution is 5.41. The van der Waals surface area contributed by atoms with E-state index in [1.165, 1.54) is 12.1 Å². The Morgan fingerprint density at radius 2 is 1.85 bits per heavy atom. The van der Waals surface area contributed by atoms with Gasteiger partial charge in [-0.25, -0.2) is 0 Å². The molecule has 20 heavy (non-hydrogen) atoms. The van der Waals surface area contributed by atoms with Gasteiger partial charge in [0.25, 0.3) is 0 Å². The number of phenols is 1. The van der Waals surface area contributed by atoms with E-state index in [9.17, 15) is 20.4 Å². The van der Waals surface area contributed by atoms with E-state index in [-0.39, 0.29) is 11.5 Å². The minimum Gasteiger partial charge on any atom is -0.504 e. The van der Waals surface area contributed by atoms with Crippen LogP contribution in [0.15, 0.2) is 18.2 Å². The van der Waals surface area contributed by atoms with E-state index in [4.69, 9.17) is 14.6 Å². The molecule has 7 nitrogen and oxygen atoms in total. The van der Waals surface area contributed by atoms with Crippen LogP contribution in [0.3, 0.4) is 0 Å². The lowest BCUT2D eigenvalue weighted by Crippen LogP contribution is -2.60. The summed E-state index contributed by atoms with van der Waals surface area (Å²) in [6, 6.07) is 4.64. The smallest absolute Gasteiger partial charge is 0.229 e. The van der Waals surface area contributed by atoms with Crippen molar-refractivity contribution in [3.05, 3.63) is 23.8 Å². The lowest BCUT2D eigenvalue weighted by Gasteiger charge is -2.39. The Labute approximate surface area is 115 Å². The number of aliphatic hydroxyl groups is 4. The van der Waals surface area contributed by atoms with Crippen molar-refractivity contribution < 1.29 is 35.0 Å². The van der Waals surface area contributed by atoms with Crippen molar-refractivity contribution in [1.29, 1.82) is 0 Å². The number of phenolic OH excluding ortho intramolecular Hbond substituents is 1. The highest BCUT2D eigenvalue weighted by atomic mass is 16.7. The van der Waals surface area contributed by atoms with Crippen molar-refractivity contribution in [2.24, 2.45) is 0 Å². The summed E-state index contributed by atoms with van der Waals surface area (Å²) >= 11 is 0. The van der Waals surface area contributed by atoms with E-state index in [2.05, 4.69) is 0 Å². The first-order valence-corrected chi connectivity index (χ1v) is 6.21. The van der Waals surface area contributed by atoms with E-state index in [1.54, 1.807) is 13.0 Å². The fraction of sp³-hybridized carbons (Fsp3) is 0.538. The second-order valence-electron chi connectivity index (χ2n) is 4.79. The van der Waals surface area contributed by atoms with Gasteiger partial charge in [-0.15, -0.1) is 0 Å². The van der Waals surface area contributed by atoms with Crippen LogP contribution in [0.1, 0.15) is 5.56 Å². The number of aliphatic hydroxyl groups excluding tert-OH is 4. The summed E-state index contributed by atoms with van der Waals surface area (Å²) in [4.78, 5) is 0. The molecule has 5 N–H and O–H groups in total. The number of rotatable bonds is 3. The SMILES string of the molecule is Cc1ccc(O)c(OC2OC(CO)C(O)C(O)C2O)c1. The van der Waals surface area contributed by atoms with Crippen molar-refractivity contribution >= 4 is 0 Å². The predicted molar refractivity (Wildman–Crippen MR) is 67.2 cm³/mol. The summed E-state index contributed by atoms with van der Waals surface area (Å²) in [7, 11) is 0. The van der Waals surface area contributed by atoms with Crippen molar-refractivity contribution in [2.45, 2.75) is 37.6 Å². The Kier molecular flexibility index (Phi) is 4.46. The second kappa shape index (κ2) is 5.94. The van der Waals surface area contributed by atoms with E-state index in [0.717, 1.165) is 5.56 Å². The van der Waals surface area contributed by atoms with Gasteiger partial charge in [-0.3, -0.25) is 0 Å². The molecule has 1 fully saturated rings. The van der Waals surface area contributed by atoms with Crippen molar-refractivity contribution in [3.8, 4) is 11.5 Å². The Bertz CT molecular complexity index is 462. The first-order chi connectivity index (χ1) is 9.43. The van der Waals surface area contributed by atoms with Gasteiger partial charge in [0.15, 0.2) is 11.5 Å². The number of hydrogen-bond donors (Lipinski definition) is 5. The van der Waals surface area contributed by atoms with E-state index in [0.29, 0.717) is 0 Å². The van der Waals surface area contributed by atoms with Crippen LogP contribution >= 0.6 is 0 Å². The van der Waals surface area contributed by atoms with Crippen LogP contribution in [-0.4, -0.2) is 62.8 Å². The molecule has 1 heterocycles. The van der Waals surface area contributed by atoms with Crippen LogP contribution in [0.25, 0.3) is 0 Å². The fourth-order valence-corrected chi connectivity index (χ4v) is 2.01. The average molecular weight is 286 g/mol. The number of hydrogen-bond acceptors (Lipinski definition) is 7. The highest BCUT2D eigenvalue weighted by Crippen LogP contribution is 2.30. The van der Waals surface area contributed by atoms with Gasteiger partial charge in [0.1, 0.15) is 24.4 Å². The van der Waals surface area contributed by atoms with Gasteiger partial charge in [-0.2, -0.15) is 0 Å².